The lowest BCUT2D eigenvalue weighted by Crippen LogP contribution is -2.19. The molecule has 0 unspecified atom stereocenters. The average Bonchev–Trinajstić information content (AvgIpc) is 3.06. The van der Waals surface area contributed by atoms with Gasteiger partial charge in [-0.25, -0.2) is 10.4 Å². The second kappa shape index (κ2) is 9.29. The SMILES string of the molecule is Nc1nc(CC(=O)N/N=C/c2cccc(OCc3ccc(Br)cc3)c2)cs1. The molecular weight excluding hydrogens is 428 g/mol. The number of benzene rings is 2. The molecule has 0 spiro atoms. The topological polar surface area (TPSA) is 89.6 Å². The van der Waals surface area contributed by atoms with Crippen LogP contribution < -0.4 is 15.9 Å². The van der Waals surface area contributed by atoms with E-state index in [9.17, 15) is 4.79 Å². The van der Waals surface area contributed by atoms with Gasteiger partial charge in [-0.3, -0.25) is 4.79 Å². The van der Waals surface area contributed by atoms with E-state index in [1.807, 2.05) is 48.5 Å². The van der Waals surface area contributed by atoms with E-state index < -0.39 is 0 Å². The Labute approximate surface area is 169 Å². The fourth-order valence-corrected chi connectivity index (χ4v) is 3.05. The molecule has 0 fully saturated rings. The van der Waals surface area contributed by atoms with Crippen molar-refractivity contribution in [1.82, 2.24) is 10.4 Å². The molecule has 0 saturated heterocycles. The van der Waals surface area contributed by atoms with Crippen molar-refractivity contribution in [3.63, 3.8) is 0 Å². The number of amides is 1. The van der Waals surface area contributed by atoms with Crippen LogP contribution in [0.25, 0.3) is 0 Å². The standard InChI is InChI=1S/C19H17BrN4O2S/c20-15-6-4-13(5-7-15)11-26-17-3-1-2-14(8-17)10-22-24-18(25)9-16-12-27-19(21)23-16/h1-8,10,12H,9,11H2,(H2,21,23)(H,24,25)/b22-10+. The van der Waals surface area contributed by atoms with Crippen molar-refractivity contribution in [3.8, 4) is 5.75 Å². The van der Waals surface area contributed by atoms with Crippen molar-refractivity contribution in [2.24, 2.45) is 5.10 Å². The van der Waals surface area contributed by atoms with Crippen molar-refractivity contribution in [1.29, 1.82) is 0 Å². The minimum absolute atomic E-state index is 0.140. The number of hydrogen-bond acceptors (Lipinski definition) is 6. The largest absolute Gasteiger partial charge is 0.489 e. The number of nitrogens with two attached hydrogens (primary N) is 1. The number of nitrogen functional groups attached to an aromatic ring is 1. The molecular formula is C19H17BrN4O2S. The Morgan fingerprint density at radius 1 is 1.30 bits per heavy atom. The zero-order chi connectivity index (χ0) is 19.1. The number of halogens is 1. The molecule has 3 rings (SSSR count). The highest BCUT2D eigenvalue weighted by atomic mass is 79.9. The van der Waals surface area contributed by atoms with Crippen LogP contribution >= 0.6 is 27.3 Å². The number of ether oxygens (including phenoxy) is 1. The summed E-state index contributed by atoms with van der Waals surface area (Å²) >= 11 is 4.72. The normalized spacial score (nSPS) is 10.9. The lowest BCUT2D eigenvalue weighted by molar-refractivity contribution is -0.120. The van der Waals surface area contributed by atoms with E-state index >= 15 is 0 Å². The summed E-state index contributed by atoms with van der Waals surface area (Å²) in [5.41, 5.74) is 10.6. The number of nitrogens with zero attached hydrogens (tertiary/aromatic N) is 2. The van der Waals surface area contributed by atoms with Gasteiger partial charge in [-0.1, -0.05) is 40.2 Å². The van der Waals surface area contributed by atoms with E-state index in [0.29, 0.717) is 17.4 Å². The predicted molar refractivity (Wildman–Crippen MR) is 111 cm³/mol. The number of rotatable bonds is 7. The number of carbonyl (C=O) groups excluding carboxylic acids is 1. The third-order valence-electron chi connectivity index (χ3n) is 3.49. The van der Waals surface area contributed by atoms with Crippen LogP contribution in [0, 0.1) is 0 Å². The summed E-state index contributed by atoms with van der Waals surface area (Å²) in [5, 5.41) is 6.17. The van der Waals surface area contributed by atoms with E-state index in [1.54, 1.807) is 11.6 Å². The summed E-state index contributed by atoms with van der Waals surface area (Å²) in [4.78, 5) is 15.9. The third kappa shape index (κ3) is 6.19. The molecule has 8 heteroatoms. The fraction of sp³-hybridized carbons (Fsp3) is 0.105. The van der Waals surface area contributed by atoms with E-state index in [4.69, 9.17) is 10.5 Å². The van der Waals surface area contributed by atoms with Gasteiger partial charge in [0.05, 0.1) is 18.3 Å². The summed E-state index contributed by atoms with van der Waals surface area (Å²) in [7, 11) is 0. The highest BCUT2D eigenvalue weighted by Crippen LogP contribution is 2.16. The molecule has 2 aromatic carbocycles. The Kier molecular flexibility index (Phi) is 6.56. The molecule has 0 bridgehead atoms. The Bertz CT molecular complexity index is 941. The molecule has 6 nitrogen and oxygen atoms in total. The van der Waals surface area contributed by atoms with E-state index in [2.05, 4.69) is 31.4 Å². The zero-order valence-corrected chi connectivity index (χ0v) is 16.7. The minimum atomic E-state index is -0.251. The first kappa shape index (κ1) is 19.1. The number of hydrogen-bond donors (Lipinski definition) is 2. The van der Waals surface area contributed by atoms with E-state index in [-0.39, 0.29) is 12.3 Å². The Balaban J connectivity index is 1.51. The number of nitrogens with one attached hydrogen (secondary N) is 1. The average molecular weight is 445 g/mol. The van der Waals surface area contributed by atoms with Gasteiger partial charge in [0.2, 0.25) is 5.91 Å². The number of aromatic nitrogens is 1. The van der Waals surface area contributed by atoms with Crippen molar-refractivity contribution in [2.45, 2.75) is 13.0 Å². The first-order chi connectivity index (χ1) is 13.1. The predicted octanol–water partition coefficient (Wildman–Crippen LogP) is 3.76. The van der Waals surface area contributed by atoms with Crippen molar-refractivity contribution >= 4 is 44.5 Å². The van der Waals surface area contributed by atoms with Gasteiger partial charge in [0.25, 0.3) is 0 Å². The molecule has 1 amide bonds. The molecule has 0 aliphatic heterocycles. The molecule has 3 N–H and O–H groups in total. The molecule has 1 aromatic heterocycles. The van der Waals surface area contributed by atoms with Crippen LogP contribution in [0.15, 0.2) is 63.5 Å². The smallest absolute Gasteiger partial charge is 0.246 e. The molecule has 0 aliphatic carbocycles. The number of carbonyl (C=O) groups is 1. The second-order valence-corrected chi connectivity index (χ2v) is 7.44. The molecule has 0 saturated carbocycles. The lowest BCUT2D eigenvalue weighted by atomic mass is 10.2. The van der Waals surface area contributed by atoms with Crippen molar-refractivity contribution in [3.05, 3.63) is 75.2 Å². The van der Waals surface area contributed by atoms with E-state index in [1.165, 1.54) is 11.3 Å². The summed E-state index contributed by atoms with van der Waals surface area (Å²) in [6, 6.07) is 15.4. The monoisotopic (exact) mass is 444 g/mol. The number of hydrazone groups is 1. The van der Waals surface area contributed by atoms with Crippen LogP contribution in [0.5, 0.6) is 5.75 Å². The summed E-state index contributed by atoms with van der Waals surface area (Å²) < 4.78 is 6.83. The maximum atomic E-state index is 11.8. The second-order valence-electron chi connectivity index (χ2n) is 5.63. The summed E-state index contributed by atoms with van der Waals surface area (Å²) in [6.07, 6.45) is 1.71. The maximum absolute atomic E-state index is 11.8. The Hall–Kier alpha value is -2.71. The Morgan fingerprint density at radius 2 is 2.11 bits per heavy atom. The molecule has 1 heterocycles. The first-order valence-corrected chi connectivity index (χ1v) is 9.75. The molecule has 138 valence electrons. The molecule has 27 heavy (non-hydrogen) atoms. The Morgan fingerprint density at radius 3 is 2.85 bits per heavy atom. The van der Waals surface area contributed by atoms with Crippen LogP contribution in [-0.4, -0.2) is 17.1 Å². The molecule has 0 aliphatic rings. The van der Waals surface area contributed by atoms with Gasteiger partial charge < -0.3 is 10.5 Å². The highest BCUT2D eigenvalue weighted by molar-refractivity contribution is 9.10. The van der Waals surface area contributed by atoms with Gasteiger partial charge in [0.15, 0.2) is 5.13 Å². The quantitative estimate of drug-likeness (QED) is 0.428. The van der Waals surface area contributed by atoms with Crippen LogP contribution in [0.3, 0.4) is 0 Å². The number of thiazole rings is 1. The van der Waals surface area contributed by atoms with Crippen LogP contribution in [0.2, 0.25) is 0 Å². The fourth-order valence-electron chi connectivity index (χ4n) is 2.22. The molecule has 0 radical (unpaired) electrons. The summed E-state index contributed by atoms with van der Waals surface area (Å²) in [5.74, 6) is 0.477. The van der Waals surface area contributed by atoms with E-state index in [0.717, 1.165) is 21.3 Å². The van der Waals surface area contributed by atoms with Crippen LogP contribution in [0.4, 0.5) is 5.13 Å². The minimum Gasteiger partial charge on any atom is -0.489 e. The van der Waals surface area contributed by atoms with Gasteiger partial charge in [-0.15, -0.1) is 11.3 Å². The zero-order valence-electron chi connectivity index (χ0n) is 14.3. The van der Waals surface area contributed by atoms with Gasteiger partial charge in [-0.2, -0.15) is 5.10 Å². The van der Waals surface area contributed by atoms with Gasteiger partial charge >= 0.3 is 0 Å². The maximum Gasteiger partial charge on any atom is 0.246 e. The summed E-state index contributed by atoms with van der Waals surface area (Å²) in [6.45, 7) is 0.474. The van der Waals surface area contributed by atoms with Gasteiger partial charge in [-0.05, 0) is 35.4 Å². The van der Waals surface area contributed by atoms with Crippen molar-refractivity contribution in [2.75, 3.05) is 5.73 Å². The lowest BCUT2D eigenvalue weighted by Gasteiger charge is -2.07. The third-order valence-corrected chi connectivity index (χ3v) is 4.74. The number of anilines is 1. The highest BCUT2D eigenvalue weighted by Gasteiger charge is 2.05. The molecule has 0 atom stereocenters. The first-order valence-electron chi connectivity index (χ1n) is 8.07. The van der Waals surface area contributed by atoms with Gasteiger partial charge in [0.1, 0.15) is 12.4 Å². The van der Waals surface area contributed by atoms with Gasteiger partial charge in [0, 0.05) is 9.85 Å². The molecule has 3 aromatic rings. The van der Waals surface area contributed by atoms with Crippen LogP contribution in [-0.2, 0) is 17.8 Å². The van der Waals surface area contributed by atoms with Crippen LogP contribution in [0.1, 0.15) is 16.8 Å². The van der Waals surface area contributed by atoms with Crippen molar-refractivity contribution < 1.29 is 9.53 Å².